The van der Waals surface area contributed by atoms with E-state index in [9.17, 15) is 18.5 Å². The highest BCUT2D eigenvalue weighted by Gasteiger charge is 2.29. The van der Waals surface area contributed by atoms with E-state index in [4.69, 9.17) is 4.74 Å². The fourth-order valence-corrected chi connectivity index (χ4v) is 5.58. The molecule has 2 saturated heterocycles. The van der Waals surface area contributed by atoms with Crippen LogP contribution < -0.4 is 5.32 Å². The third-order valence-electron chi connectivity index (χ3n) is 5.70. The molecule has 1 unspecified atom stereocenters. The summed E-state index contributed by atoms with van der Waals surface area (Å²) in [5.74, 6) is 0.522. The van der Waals surface area contributed by atoms with Crippen LogP contribution in [0, 0.1) is 16.0 Å². The summed E-state index contributed by atoms with van der Waals surface area (Å²) >= 11 is 0. The Morgan fingerprint density at radius 3 is 2.43 bits per heavy atom. The van der Waals surface area contributed by atoms with Crippen LogP contribution in [-0.4, -0.2) is 74.5 Å². The number of hydrogen-bond acceptors (Lipinski definition) is 7. The number of nitro benzene ring substituents is 1. The lowest BCUT2D eigenvalue weighted by molar-refractivity contribution is -0.384. The molecule has 0 amide bonds. The van der Waals surface area contributed by atoms with Gasteiger partial charge in [0.1, 0.15) is 5.69 Å². The van der Waals surface area contributed by atoms with Crippen LogP contribution in [0.4, 0.5) is 11.4 Å². The number of sulfonamides is 1. The highest BCUT2D eigenvalue weighted by atomic mass is 32.2. The normalized spacial score (nSPS) is 19.8. The van der Waals surface area contributed by atoms with Crippen molar-refractivity contribution in [3.05, 3.63) is 28.3 Å². The lowest BCUT2D eigenvalue weighted by Crippen LogP contribution is -2.40. The van der Waals surface area contributed by atoms with Crippen molar-refractivity contribution in [2.45, 2.75) is 44.0 Å². The van der Waals surface area contributed by atoms with Crippen molar-refractivity contribution >= 4 is 21.4 Å². The van der Waals surface area contributed by atoms with Gasteiger partial charge in [-0.3, -0.25) is 15.0 Å². The highest BCUT2D eigenvalue weighted by molar-refractivity contribution is 7.89. The Balaban J connectivity index is 1.78. The number of rotatable bonds is 9. The first-order valence-electron chi connectivity index (χ1n) is 10.6. The lowest BCUT2D eigenvalue weighted by atomic mass is 10.0. The fourth-order valence-electron chi connectivity index (χ4n) is 4.15. The average molecular weight is 441 g/mol. The summed E-state index contributed by atoms with van der Waals surface area (Å²) in [4.78, 5) is 13.5. The number of benzene rings is 1. The summed E-state index contributed by atoms with van der Waals surface area (Å²) in [6.45, 7) is 8.22. The molecular weight excluding hydrogens is 408 g/mol. The molecule has 168 valence electrons. The number of nitro groups is 1. The molecule has 1 N–H and O–H groups in total. The predicted octanol–water partition coefficient (Wildman–Crippen LogP) is 2.54. The van der Waals surface area contributed by atoms with Gasteiger partial charge in [0.05, 0.1) is 23.0 Å². The van der Waals surface area contributed by atoms with Crippen molar-refractivity contribution in [1.82, 2.24) is 9.21 Å². The number of nitrogens with one attached hydrogen (secondary N) is 1. The van der Waals surface area contributed by atoms with Gasteiger partial charge in [-0.15, -0.1) is 0 Å². The van der Waals surface area contributed by atoms with Crippen LogP contribution >= 0.6 is 0 Å². The van der Waals surface area contributed by atoms with Crippen LogP contribution in [0.1, 0.15) is 33.1 Å². The van der Waals surface area contributed by atoms with Gasteiger partial charge in [0.2, 0.25) is 10.0 Å². The Hall–Kier alpha value is -1.75. The van der Waals surface area contributed by atoms with Crippen LogP contribution in [0.15, 0.2) is 23.1 Å². The maximum atomic E-state index is 12.9. The van der Waals surface area contributed by atoms with E-state index in [2.05, 4.69) is 24.1 Å². The SMILES string of the molecule is CC(C)CC(CNc1ccc(S(=O)(=O)N2CCOCC2)cc1[N+](=O)[O-])N1CCCC1. The molecule has 0 aromatic heterocycles. The molecule has 0 aliphatic carbocycles. The molecule has 3 rings (SSSR count). The second-order valence-corrected chi connectivity index (χ2v) is 10.3. The topological polar surface area (TPSA) is 105 Å². The summed E-state index contributed by atoms with van der Waals surface area (Å²) in [5.41, 5.74) is 0.142. The Labute approximate surface area is 178 Å². The van der Waals surface area contributed by atoms with Gasteiger partial charge in [0, 0.05) is 31.7 Å². The number of anilines is 1. The third kappa shape index (κ3) is 5.48. The molecule has 2 fully saturated rings. The van der Waals surface area contributed by atoms with E-state index in [0.29, 0.717) is 37.4 Å². The van der Waals surface area contributed by atoms with E-state index in [1.54, 1.807) is 0 Å². The van der Waals surface area contributed by atoms with Crippen LogP contribution in [0.2, 0.25) is 0 Å². The van der Waals surface area contributed by atoms with Crippen LogP contribution in [0.3, 0.4) is 0 Å². The van der Waals surface area contributed by atoms with E-state index in [0.717, 1.165) is 19.5 Å². The van der Waals surface area contributed by atoms with Crippen molar-refractivity contribution in [2.75, 3.05) is 51.3 Å². The minimum Gasteiger partial charge on any atom is -0.379 e. The molecule has 9 nitrogen and oxygen atoms in total. The summed E-state index contributed by atoms with van der Waals surface area (Å²) in [5, 5.41) is 14.9. The molecule has 2 aliphatic rings. The van der Waals surface area contributed by atoms with Gasteiger partial charge < -0.3 is 10.1 Å². The quantitative estimate of drug-likeness (QED) is 0.465. The zero-order chi connectivity index (χ0) is 21.7. The number of ether oxygens (including phenoxy) is 1. The largest absolute Gasteiger partial charge is 0.379 e. The zero-order valence-electron chi connectivity index (χ0n) is 17.7. The van der Waals surface area contributed by atoms with Gasteiger partial charge in [-0.2, -0.15) is 4.31 Å². The molecule has 0 spiro atoms. The van der Waals surface area contributed by atoms with Crippen molar-refractivity contribution in [1.29, 1.82) is 0 Å². The maximum absolute atomic E-state index is 12.9. The molecule has 1 atom stereocenters. The Morgan fingerprint density at radius 1 is 1.17 bits per heavy atom. The first kappa shape index (κ1) is 22.9. The number of likely N-dealkylation sites (tertiary alicyclic amines) is 1. The molecule has 0 saturated carbocycles. The van der Waals surface area contributed by atoms with E-state index in [-0.39, 0.29) is 23.7 Å². The Morgan fingerprint density at radius 2 is 1.83 bits per heavy atom. The van der Waals surface area contributed by atoms with Crippen molar-refractivity contribution in [3.63, 3.8) is 0 Å². The van der Waals surface area contributed by atoms with E-state index in [1.807, 2.05) is 0 Å². The van der Waals surface area contributed by atoms with Gasteiger partial charge in [-0.05, 0) is 50.4 Å². The van der Waals surface area contributed by atoms with Crippen molar-refractivity contribution < 1.29 is 18.1 Å². The predicted molar refractivity (Wildman–Crippen MR) is 115 cm³/mol. The number of nitrogens with zero attached hydrogens (tertiary/aromatic N) is 3. The second-order valence-electron chi connectivity index (χ2n) is 8.36. The van der Waals surface area contributed by atoms with E-state index < -0.39 is 14.9 Å². The molecule has 0 radical (unpaired) electrons. The minimum atomic E-state index is -3.78. The van der Waals surface area contributed by atoms with Gasteiger partial charge >= 0.3 is 0 Å². The number of hydrogen-bond donors (Lipinski definition) is 1. The molecule has 10 heteroatoms. The zero-order valence-corrected chi connectivity index (χ0v) is 18.6. The van der Waals surface area contributed by atoms with Gasteiger partial charge in [0.15, 0.2) is 0 Å². The van der Waals surface area contributed by atoms with Crippen LogP contribution in [0.25, 0.3) is 0 Å². The van der Waals surface area contributed by atoms with Gasteiger partial charge in [-0.1, -0.05) is 13.8 Å². The third-order valence-corrected chi connectivity index (χ3v) is 7.60. The van der Waals surface area contributed by atoms with Gasteiger partial charge in [-0.25, -0.2) is 8.42 Å². The van der Waals surface area contributed by atoms with E-state index >= 15 is 0 Å². The molecule has 1 aromatic rings. The molecule has 2 aliphatic heterocycles. The average Bonchev–Trinajstić information content (AvgIpc) is 3.26. The molecule has 0 bridgehead atoms. The smallest absolute Gasteiger partial charge is 0.293 e. The first-order chi connectivity index (χ1) is 14.3. The minimum absolute atomic E-state index is 0.0556. The standard InChI is InChI=1S/C20H32N4O5S/c1-16(2)13-17(22-7-3-4-8-22)15-21-19-6-5-18(14-20(19)24(25)26)30(27,28)23-9-11-29-12-10-23/h5-6,14,16-17,21H,3-4,7-13,15H2,1-2H3. The summed E-state index contributed by atoms with van der Waals surface area (Å²) in [6.07, 6.45) is 3.37. The highest BCUT2D eigenvalue weighted by Crippen LogP contribution is 2.30. The van der Waals surface area contributed by atoms with E-state index in [1.165, 1.54) is 35.3 Å². The Kier molecular flexibility index (Phi) is 7.67. The maximum Gasteiger partial charge on any atom is 0.293 e. The van der Waals surface area contributed by atoms with Gasteiger partial charge in [0.25, 0.3) is 5.69 Å². The molecule has 1 aromatic carbocycles. The first-order valence-corrected chi connectivity index (χ1v) is 12.1. The van der Waals surface area contributed by atoms with Crippen LogP contribution in [-0.2, 0) is 14.8 Å². The lowest BCUT2D eigenvalue weighted by Gasteiger charge is -2.29. The monoisotopic (exact) mass is 440 g/mol. The van der Waals surface area contributed by atoms with Crippen molar-refractivity contribution in [2.24, 2.45) is 5.92 Å². The van der Waals surface area contributed by atoms with Crippen molar-refractivity contribution in [3.8, 4) is 0 Å². The molecule has 30 heavy (non-hydrogen) atoms. The second kappa shape index (κ2) is 10.0. The fraction of sp³-hybridized carbons (Fsp3) is 0.700. The summed E-state index contributed by atoms with van der Waals surface area (Å²) in [6, 6.07) is 4.43. The summed E-state index contributed by atoms with van der Waals surface area (Å²) in [7, 11) is -3.78. The summed E-state index contributed by atoms with van der Waals surface area (Å²) < 4.78 is 32.2. The van der Waals surface area contributed by atoms with Crippen LogP contribution in [0.5, 0.6) is 0 Å². The number of morpholine rings is 1. The Bertz CT molecular complexity index is 834. The molecule has 2 heterocycles. The molecular formula is C20H32N4O5S.